The van der Waals surface area contributed by atoms with Crippen molar-refractivity contribution in [1.82, 2.24) is 4.98 Å². The van der Waals surface area contributed by atoms with Crippen LogP contribution in [0.4, 0.5) is 5.69 Å². The Kier molecular flexibility index (Phi) is 3.90. The van der Waals surface area contributed by atoms with Gasteiger partial charge in [0.1, 0.15) is 11.5 Å². The number of anilines is 1. The molecule has 0 aliphatic carbocycles. The summed E-state index contributed by atoms with van der Waals surface area (Å²) in [6.45, 7) is 4.07. The number of nitrogen functional groups attached to an aromatic ring is 1. The van der Waals surface area contributed by atoms with Gasteiger partial charge in [0.25, 0.3) is 0 Å². The van der Waals surface area contributed by atoms with Gasteiger partial charge in [-0.1, -0.05) is 18.5 Å². The van der Waals surface area contributed by atoms with Gasteiger partial charge in [-0.2, -0.15) is 0 Å². The third-order valence-electron chi connectivity index (χ3n) is 3.53. The largest absolute Gasteiger partial charge is 0.455 e. The fourth-order valence-electron chi connectivity index (χ4n) is 2.45. The lowest BCUT2D eigenvalue weighted by molar-refractivity contribution is 0.478. The van der Waals surface area contributed by atoms with Crippen LogP contribution in [0.5, 0.6) is 11.5 Å². The summed E-state index contributed by atoms with van der Waals surface area (Å²) in [4.78, 5) is 4.39. The zero-order chi connectivity index (χ0) is 15.7. The molecule has 0 atom stereocenters. The quantitative estimate of drug-likeness (QED) is 0.682. The van der Waals surface area contributed by atoms with Crippen molar-refractivity contribution in [2.24, 2.45) is 0 Å². The molecular formula is C18H17ClN2O. The van der Waals surface area contributed by atoms with Crippen molar-refractivity contribution in [3.05, 3.63) is 58.7 Å². The Morgan fingerprint density at radius 2 is 2.00 bits per heavy atom. The number of nitrogens with zero attached hydrogens (tertiary/aromatic N) is 1. The molecule has 0 aliphatic heterocycles. The van der Waals surface area contributed by atoms with Crippen LogP contribution in [0, 0.1) is 6.92 Å². The molecule has 0 aliphatic rings. The van der Waals surface area contributed by atoms with Gasteiger partial charge >= 0.3 is 0 Å². The van der Waals surface area contributed by atoms with Crippen LogP contribution in [0.3, 0.4) is 0 Å². The Labute approximate surface area is 134 Å². The number of halogens is 1. The van der Waals surface area contributed by atoms with Gasteiger partial charge in [-0.15, -0.1) is 0 Å². The highest BCUT2D eigenvalue weighted by Crippen LogP contribution is 2.36. The standard InChI is InChI=1S/C18H17ClN2O/c1-3-12-7-14(20)9-16(19)18(12)22-15-4-5-17-13(8-15)6-11(2)10-21-17/h4-10H,3,20H2,1-2H3. The molecule has 0 fully saturated rings. The molecule has 1 heterocycles. The number of fused-ring (bicyclic) bond motifs is 1. The first-order chi connectivity index (χ1) is 10.6. The van der Waals surface area contributed by atoms with E-state index in [0.29, 0.717) is 16.5 Å². The highest BCUT2D eigenvalue weighted by Gasteiger charge is 2.11. The molecule has 3 nitrogen and oxygen atoms in total. The first-order valence-electron chi connectivity index (χ1n) is 7.19. The highest BCUT2D eigenvalue weighted by atomic mass is 35.5. The van der Waals surface area contributed by atoms with Gasteiger partial charge in [-0.05, 0) is 60.9 Å². The lowest BCUT2D eigenvalue weighted by atomic mass is 10.1. The topological polar surface area (TPSA) is 48.1 Å². The minimum absolute atomic E-state index is 0.527. The first kappa shape index (κ1) is 14.7. The third kappa shape index (κ3) is 2.85. The molecule has 1 aromatic heterocycles. The molecule has 0 unspecified atom stereocenters. The van der Waals surface area contributed by atoms with Crippen molar-refractivity contribution in [3.8, 4) is 11.5 Å². The molecule has 2 aromatic carbocycles. The van der Waals surface area contributed by atoms with Gasteiger partial charge in [0.05, 0.1) is 10.5 Å². The fraction of sp³-hybridized carbons (Fsp3) is 0.167. The normalized spacial score (nSPS) is 10.9. The Balaban J connectivity index is 2.03. The van der Waals surface area contributed by atoms with Crippen molar-refractivity contribution in [1.29, 1.82) is 0 Å². The number of nitrogens with two attached hydrogens (primary N) is 1. The molecule has 0 amide bonds. The van der Waals surface area contributed by atoms with Crippen LogP contribution >= 0.6 is 11.6 Å². The van der Waals surface area contributed by atoms with Gasteiger partial charge in [0, 0.05) is 17.3 Å². The molecular weight excluding hydrogens is 296 g/mol. The van der Waals surface area contributed by atoms with Crippen LogP contribution in [0.1, 0.15) is 18.1 Å². The van der Waals surface area contributed by atoms with E-state index in [2.05, 4.69) is 11.1 Å². The summed E-state index contributed by atoms with van der Waals surface area (Å²) in [5.74, 6) is 1.40. The van der Waals surface area contributed by atoms with E-state index in [-0.39, 0.29) is 0 Å². The number of hydrogen-bond acceptors (Lipinski definition) is 3. The molecule has 0 spiro atoms. The second kappa shape index (κ2) is 5.85. The summed E-state index contributed by atoms with van der Waals surface area (Å²) in [7, 11) is 0. The van der Waals surface area contributed by atoms with Crippen LogP contribution < -0.4 is 10.5 Å². The van der Waals surface area contributed by atoms with Crippen molar-refractivity contribution in [2.45, 2.75) is 20.3 Å². The van der Waals surface area contributed by atoms with E-state index in [9.17, 15) is 0 Å². The lowest BCUT2D eigenvalue weighted by Gasteiger charge is -2.13. The number of aromatic nitrogens is 1. The van der Waals surface area contributed by atoms with Crippen LogP contribution in [-0.4, -0.2) is 4.98 Å². The van der Waals surface area contributed by atoms with Gasteiger partial charge in [0.15, 0.2) is 0 Å². The molecule has 22 heavy (non-hydrogen) atoms. The molecule has 0 radical (unpaired) electrons. The summed E-state index contributed by atoms with van der Waals surface area (Å²) in [5.41, 5.74) is 9.54. The zero-order valence-corrected chi connectivity index (χ0v) is 13.3. The predicted molar refractivity (Wildman–Crippen MR) is 91.8 cm³/mol. The molecule has 2 N–H and O–H groups in total. The Morgan fingerprint density at radius 3 is 2.77 bits per heavy atom. The smallest absolute Gasteiger partial charge is 0.149 e. The van der Waals surface area contributed by atoms with E-state index in [1.807, 2.05) is 44.3 Å². The lowest BCUT2D eigenvalue weighted by Crippen LogP contribution is -1.95. The van der Waals surface area contributed by atoms with Gasteiger partial charge in [-0.3, -0.25) is 4.98 Å². The zero-order valence-electron chi connectivity index (χ0n) is 12.6. The molecule has 112 valence electrons. The van der Waals surface area contributed by atoms with Gasteiger partial charge < -0.3 is 10.5 Å². The number of hydrogen-bond donors (Lipinski definition) is 1. The summed E-state index contributed by atoms with van der Waals surface area (Å²) >= 11 is 6.29. The minimum atomic E-state index is 0.527. The van der Waals surface area contributed by atoms with Crippen molar-refractivity contribution in [2.75, 3.05) is 5.73 Å². The SMILES string of the molecule is CCc1cc(N)cc(Cl)c1Oc1ccc2ncc(C)cc2c1. The monoisotopic (exact) mass is 312 g/mol. The Morgan fingerprint density at radius 1 is 1.18 bits per heavy atom. The van der Waals surface area contributed by atoms with Crippen LogP contribution in [-0.2, 0) is 6.42 Å². The average Bonchev–Trinajstić information content (AvgIpc) is 2.49. The van der Waals surface area contributed by atoms with E-state index in [1.54, 1.807) is 6.07 Å². The number of pyridine rings is 1. The van der Waals surface area contributed by atoms with Crippen LogP contribution in [0.25, 0.3) is 10.9 Å². The summed E-state index contributed by atoms with van der Waals surface area (Å²) < 4.78 is 6.02. The average molecular weight is 313 g/mol. The van der Waals surface area contributed by atoms with E-state index in [1.165, 1.54) is 0 Å². The number of benzene rings is 2. The van der Waals surface area contributed by atoms with Crippen molar-refractivity contribution in [3.63, 3.8) is 0 Å². The molecule has 0 bridgehead atoms. The predicted octanol–water partition coefficient (Wildman–Crippen LogP) is 5.13. The third-order valence-corrected chi connectivity index (χ3v) is 3.81. The molecule has 3 rings (SSSR count). The maximum Gasteiger partial charge on any atom is 0.149 e. The van der Waals surface area contributed by atoms with E-state index in [0.717, 1.165) is 34.2 Å². The molecule has 4 heteroatoms. The van der Waals surface area contributed by atoms with Gasteiger partial charge in [0.2, 0.25) is 0 Å². The summed E-state index contributed by atoms with van der Waals surface area (Å²) in [5, 5.41) is 1.57. The Hall–Kier alpha value is -2.26. The number of rotatable bonds is 3. The second-order valence-electron chi connectivity index (χ2n) is 5.31. The summed E-state index contributed by atoms with van der Waals surface area (Å²) in [6, 6.07) is 11.5. The minimum Gasteiger partial charge on any atom is -0.455 e. The number of aryl methyl sites for hydroxylation is 2. The Bertz CT molecular complexity index is 846. The van der Waals surface area contributed by atoms with E-state index < -0.39 is 0 Å². The maximum atomic E-state index is 6.29. The van der Waals surface area contributed by atoms with E-state index in [4.69, 9.17) is 22.1 Å². The number of ether oxygens (including phenoxy) is 1. The van der Waals surface area contributed by atoms with Crippen LogP contribution in [0.2, 0.25) is 5.02 Å². The fourth-order valence-corrected chi connectivity index (χ4v) is 2.74. The van der Waals surface area contributed by atoms with Crippen LogP contribution in [0.15, 0.2) is 42.6 Å². The first-order valence-corrected chi connectivity index (χ1v) is 7.57. The van der Waals surface area contributed by atoms with Crippen molar-refractivity contribution < 1.29 is 4.74 Å². The second-order valence-corrected chi connectivity index (χ2v) is 5.72. The maximum absolute atomic E-state index is 6.29. The highest BCUT2D eigenvalue weighted by molar-refractivity contribution is 6.32. The summed E-state index contributed by atoms with van der Waals surface area (Å²) in [6.07, 6.45) is 2.66. The molecule has 0 saturated carbocycles. The van der Waals surface area contributed by atoms with Crippen molar-refractivity contribution >= 4 is 28.2 Å². The molecule has 0 saturated heterocycles. The van der Waals surface area contributed by atoms with E-state index >= 15 is 0 Å². The van der Waals surface area contributed by atoms with Gasteiger partial charge in [-0.25, -0.2) is 0 Å². The molecule has 3 aromatic rings.